The van der Waals surface area contributed by atoms with Crippen molar-refractivity contribution in [3.8, 4) is 0 Å². The molecule has 0 aliphatic rings. The van der Waals surface area contributed by atoms with Gasteiger partial charge in [0, 0.05) is 6.04 Å². The third-order valence-electron chi connectivity index (χ3n) is 2.47. The number of methoxy groups -OCH3 is 1. The van der Waals surface area contributed by atoms with Crippen LogP contribution >= 0.6 is 0 Å². The SMILES string of the molecule is COC(=O)C[C@H](N)Cc1cc(F)c(C)cc1F. The average Bonchev–Trinajstić information content (AvgIpc) is 2.25. The number of carbonyl (C=O) groups excluding carboxylic acids is 1. The monoisotopic (exact) mass is 243 g/mol. The minimum absolute atomic E-state index is 0.0224. The molecule has 2 N–H and O–H groups in total. The summed E-state index contributed by atoms with van der Waals surface area (Å²) in [6, 6.07) is 1.65. The molecule has 0 bridgehead atoms. The number of aryl methyl sites for hydroxylation is 1. The van der Waals surface area contributed by atoms with Gasteiger partial charge >= 0.3 is 5.97 Å². The first-order chi connectivity index (χ1) is 7.93. The molecule has 0 unspecified atom stereocenters. The number of esters is 1. The van der Waals surface area contributed by atoms with Crippen LogP contribution in [0.3, 0.4) is 0 Å². The lowest BCUT2D eigenvalue weighted by atomic mass is 10.0. The maximum absolute atomic E-state index is 13.5. The Morgan fingerprint density at radius 1 is 1.41 bits per heavy atom. The maximum Gasteiger partial charge on any atom is 0.307 e. The molecule has 1 rings (SSSR count). The van der Waals surface area contributed by atoms with Crippen molar-refractivity contribution in [1.82, 2.24) is 0 Å². The molecule has 94 valence electrons. The Balaban J connectivity index is 2.74. The fourth-order valence-electron chi connectivity index (χ4n) is 1.50. The van der Waals surface area contributed by atoms with E-state index in [0.29, 0.717) is 0 Å². The number of nitrogens with two attached hydrogens (primary N) is 1. The van der Waals surface area contributed by atoms with E-state index in [4.69, 9.17) is 5.73 Å². The quantitative estimate of drug-likeness (QED) is 0.819. The molecular weight excluding hydrogens is 228 g/mol. The summed E-state index contributed by atoms with van der Waals surface area (Å²) in [4.78, 5) is 10.9. The second-order valence-electron chi connectivity index (χ2n) is 3.94. The number of ether oxygens (including phenoxy) is 1. The van der Waals surface area contributed by atoms with Gasteiger partial charge < -0.3 is 10.5 Å². The molecule has 1 atom stereocenters. The molecular formula is C12H15F2NO2. The van der Waals surface area contributed by atoms with Crippen LogP contribution in [0.1, 0.15) is 17.5 Å². The average molecular weight is 243 g/mol. The van der Waals surface area contributed by atoms with Gasteiger partial charge in [-0.25, -0.2) is 8.78 Å². The van der Waals surface area contributed by atoms with Crippen molar-refractivity contribution in [3.05, 3.63) is 34.9 Å². The largest absolute Gasteiger partial charge is 0.469 e. The zero-order chi connectivity index (χ0) is 13.0. The van der Waals surface area contributed by atoms with E-state index in [1.807, 2.05) is 0 Å². The van der Waals surface area contributed by atoms with E-state index < -0.39 is 23.6 Å². The highest BCUT2D eigenvalue weighted by Crippen LogP contribution is 2.16. The van der Waals surface area contributed by atoms with Gasteiger partial charge in [0.15, 0.2) is 0 Å². The van der Waals surface area contributed by atoms with Gasteiger partial charge in [-0.3, -0.25) is 4.79 Å². The summed E-state index contributed by atoms with van der Waals surface area (Å²) in [5.41, 5.74) is 6.06. The molecule has 1 aromatic rings. The predicted molar refractivity (Wildman–Crippen MR) is 59.4 cm³/mol. The molecule has 0 heterocycles. The van der Waals surface area contributed by atoms with Gasteiger partial charge in [0.05, 0.1) is 13.5 Å². The molecule has 0 aliphatic heterocycles. The van der Waals surface area contributed by atoms with Crippen LogP contribution in [0.15, 0.2) is 12.1 Å². The van der Waals surface area contributed by atoms with Gasteiger partial charge in [-0.1, -0.05) is 0 Å². The number of halogens is 2. The van der Waals surface area contributed by atoms with Crippen LogP contribution in [0.2, 0.25) is 0 Å². The van der Waals surface area contributed by atoms with Crippen LogP contribution in [-0.4, -0.2) is 19.1 Å². The number of carbonyl (C=O) groups is 1. The Labute approximate surface area is 98.6 Å². The lowest BCUT2D eigenvalue weighted by Crippen LogP contribution is -2.27. The van der Waals surface area contributed by atoms with Crippen molar-refractivity contribution in [1.29, 1.82) is 0 Å². The smallest absolute Gasteiger partial charge is 0.307 e. The third-order valence-corrected chi connectivity index (χ3v) is 2.47. The normalized spacial score (nSPS) is 12.3. The van der Waals surface area contributed by atoms with E-state index >= 15 is 0 Å². The van der Waals surface area contributed by atoms with Gasteiger partial charge in [-0.15, -0.1) is 0 Å². The summed E-state index contributed by atoms with van der Waals surface area (Å²) < 4.78 is 31.2. The van der Waals surface area contributed by atoms with Gasteiger partial charge in [0.25, 0.3) is 0 Å². The standard InChI is InChI=1S/C12H15F2NO2/c1-7-3-11(14)8(5-10(7)13)4-9(15)6-12(16)17-2/h3,5,9H,4,6,15H2,1-2H3/t9-/m1/s1. The lowest BCUT2D eigenvalue weighted by molar-refractivity contribution is -0.140. The van der Waals surface area contributed by atoms with Crippen LogP contribution in [0.5, 0.6) is 0 Å². The fraction of sp³-hybridized carbons (Fsp3) is 0.417. The fourth-order valence-corrected chi connectivity index (χ4v) is 1.50. The first kappa shape index (κ1) is 13.6. The molecule has 0 spiro atoms. The van der Waals surface area contributed by atoms with Gasteiger partial charge in [0.2, 0.25) is 0 Å². The molecule has 0 fully saturated rings. The van der Waals surface area contributed by atoms with E-state index in [9.17, 15) is 13.6 Å². The minimum atomic E-state index is -0.584. The van der Waals surface area contributed by atoms with Crippen molar-refractivity contribution in [2.24, 2.45) is 5.73 Å². The Kier molecular flexibility index (Phi) is 4.57. The van der Waals surface area contributed by atoms with Crippen LogP contribution in [0.4, 0.5) is 8.78 Å². The van der Waals surface area contributed by atoms with Crippen LogP contribution in [0, 0.1) is 18.6 Å². The third kappa shape index (κ3) is 3.78. The van der Waals surface area contributed by atoms with Crippen molar-refractivity contribution in [2.75, 3.05) is 7.11 Å². The molecule has 1 aromatic carbocycles. The summed E-state index contributed by atoms with van der Waals surface area (Å²) in [5, 5.41) is 0. The molecule has 0 aromatic heterocycles. The molecule has 3 nitrogen and oxygen atoms in total. The van der Waals surface area contributed by atoms with Crippen molar-refractivity contribution >= 4 is 5.97 Å². The topological polar surface area (TPSA) is 52.3 Å². The zero-order valence-electron chi connectivity index (χ0n) is 9.80. The second kappa shape index (κ2) is 5.72. The Morgan fingerprint density at radius 2 is 2.06 bits per heavy atom. The number of hydrogen-bond acceptors (Lipinski definition) is 3. The van der Waals surface area contributed by atoms with E-state index in [1.54, 1.807) is 0 Å². The summed E-state index contributed by atoms with van der Waals surface area (Å²) in [6.07, 6.45) is 0.0730. The molecule has 17 heavy (non-hydrogen) atoms. The van der Waals surface area contributed by atoms with Crippen molar-refractivity contribution in [2.45, 2.75) is 25.8 Å². The maximum atomic E-state index is 13.5. The van der Waals surface area contributed by atoms with Crippen LogP contribution in [0.25, 0.3) is 0 Å². The first-order valence-electron chi connectivity index (χ1n) is 5.21. The molecule has 0 saturated heterocycles. The van der Waals surface area contributed by atoms with Crippen LogP contribution in [-0.2, 0) is 16.0 Å². The summed E-state index contributed by atoms with van der Waals surface area (Å²) >= 11 is 0. The molecule has 0 amide bonds. The van der Waals surface area contributed by atoms with Gasteiger partial charge in [-0.2, -0.15) is 0 Å². The minimum Gasteiger partial charge on any atom is -0.469 e. The molecule has 0 radical (unpaired) electrons. The Morgan fingerprint density at radius 3 is 2.65 bits per heavy atom. The van der Waals surface area contributed by atoms with Crippen molar-refractivity contribution in [3.63, 3.8) is 0 Å². The lowest BCUT2D eigenvalue weighted by Gasteiger charge is -2.11. The zero-order valence-corrected chi connectivity index (χ0v) is 9.80. The summed E-state index contributed by atoms with van der Waals surface area (Å²) in [7, 11) is 1.25. The van der Waals surface area contributed by atoms with E-state index in [2.05, 4.69) is 4.74 Å². The number of benzene rings is 1. The Bertz CT molecular complexity index is 421. The molecule has 0 aliphatic carbocycles. The predicted octanol–water partition coefficient (Wildman–Crippen LogP) is 1.71. The van der Waals surface area contributed by atoms with Crippen molar-refractivity contribution < 1.29 is 18.3 Å². The number of rotatable bonds is 4. The van der Waals surface area contributed by atoms with E-state index in [-0.39, 0.29) is 24.0 Å². The highest BCUT2D eigenvalue weighted by Gasteiger charge is 2.14. The molecule has 5 heteroatoms. The van der Waals surface area contributed by atoms with Gasteiger partial charge in [0.1, 0.15) is 11.6 Å². The molecule has 0 saturated carbocycles. The van der Waals surface area contributed by atoms with E-state index in [0.717, 1.165) is 12.1 Å². The number of hydrogen-bond donors (Lipinski definition) is 1. The highest BCUT2D eigenvalue weighted by atomic mass is 19.1. The summed E-state index contributed by atoms with van der Waals surface area (Å²) in [6.45, 7) is 1.48. The van der Waals surface area contributed by atoms with Gasteiger partial charge in [-0.05, 0) is 36.6 Å². The van der Waals surface area contributed by atoms with E-state index in [1.165, 1.54) is 14.0 Å². The second-order valence-corrected chi connectivity index (χ2v) is 3.94. The van der Waals surface area contributed by atoms with Crippen LogP contribution < -0.4 is 5.73 Å². The summed E-state index contributed by atoms with van der Waals surface area (Å²) in [5.74, 6) is -1.46. The first-order valence-corrected chi connectivity index (χ1v) is 5.21. The highest BCUT2D eigenvalue weighted by molar-refractivity contribution is 5.69. The Hall–Kier alpha value is -1.49.